The van der Waals surface area contributed by atoms with E-state index in [1.165, 1.54) is 24.0 Å². The molecule has 1 aliphatic rings. The van der Waals surface area contributed by atoms with Crippen molar-refractivity contribution in [3.8, 4) is 0 Å². The molecule has 17 heavy (non-hydrogen) atoms. The Labute approximate surface area is 103 Å². The molecular weight excluding hydrogens is 212 g/mol. The Bertz CT molecular complexity index is 415. The van der Waals surface area contributed by atoms with E-state index < -0.39 is 0 Å². The van der Waals surface area contributed by atoms with E-state index in [4.69, 9.17) is 5.73 Å². The van der Waals surface area contributed by atoms with Crippen LogP contribution in [0, 0.1) is 0 Å². The second-order valence-corrected chi connectivity index (χ2v) is 4.69. The van der Waals surface area contributed by atoms with Crippen LogP contribution in [-0.2, 0) is 17.6 Å². The van der Waals surface area contributed by atoms with Crippen molar-refractivity contribution in [2.24, 2.45) is 5.73 Å². The van der Waals surface area contributed by atoms with Crippen molar-refractivity contribution in [3.05, 3.63) is 29.3 Å². The van der Waals surface area contributed by atoms with E-state index in [-0.39, 0.29) is 5.91 Å². The molecule has 0 bridgehead atoms. The molecule has 1 aromatic carbocycles. The van der Waals surface area contributed by atoms with Crippen LogP contribution < -0.4 is 10.6 Å². The Morgan fingerprint density at radius 2 is 2.12 bits per heavy atom. The normalized spacial score (nSPS) is 14.2. The van der Waals surface area contributed by atoms with Crippen LogP contribution in [-0.4, -0.2) is 19.5 Å². The smallest absolute Gasteiger partial charge is 0.231 e. The number of unbranched alkanes of at least 4 members (excludes halogenated alkanes) is 2. The van der Waals surface area contributed by atoms with Gasteiger partial charge in [-0.15, -0.1) is 0 Å². The van der Waals surface area contributed by atoms with Gasteiger partial charge in [-0.05, 0) is 43.0 Å². The van der Waals surface area contributed by atoms with Crippen LogP contribution in [0.1, 0.15) is 30.4 Å². The molecule has 2 rings (SSSR count). The third kappa shape index (κ3) is 2.67. The van der Waals surface area contributed by atoms with Gasteiger partial charge in [0.1, 0.15) is 0 Å². The molecule has 0 aliphatic carbocycles. The highest BCUT2D eigenvalue weighted by molar-refractivity contribution is 6.00. The maximum atomic E-state index is 11.6. The van der Waals surface area contributed by atoms with Crippen molar-refractivity contribution in [1.29, 1.82) is 0 Å². The molecule has 0 saturated heterocycles. The molecule has 0 fully saturated rings. The fraction of sp³-hybridized carbons (Fsp3) is 0.500. The largest absolute Gasteiger partial charge is 0.330 e. The highest BCUT2D eigenvalue weighted by Crippen LogP contribution is 2.28. The molecule has 0 unspecified atom stereocenters. The molecule has 0 atom stereocenters. The zero-order chi connectivity index (χ0) is 12.3. The lowest BCUT2D eigenvalue weighted by Crippen LogP contribution is -2.20. The van der Waals surface area contributed by atoms with Crippen LogP contribution in [0.3, 0.4) is 0 Å². The molecule has 0 spiro atoms. The van der Waals surface area contributed by atoms with E-state index in [2.05, 4.69) is 18.2 Å². The minimum Gasteiger partial charge on any atom is -0.330 e. The third-order valence-corrected chi connectivity index (χ3v) is 3.39. The molecule has 2 N–H and O–H groups in total. The highest BCUT2D eigenvalue weighted by Gasteiger charge is 2.23. The Morgan fingerprint density at radius 1 is 1.29 bits per heavy atom. The number of aryl methyl sites for hydroxylation is 1. The molecule has 1 aromatic rings. The zero-order valence-corrected chi connectivity index (χ0v) is 10.4. The molecule has 0 radical (unpaired) electrons. The van der Waals surface area contributed by atoms with Gasteiger partial charge in [0.05, 0.1) is 6.42 Å². The summed E-state index contributed by atoms with van der Waals surface area (Å²) in [7, 11) is 1.84. The van der Waals surface area contributed by atoms with Gasteiger partial charge in [0, 0.05) is 12.7 Å². The summed E-state index contributed by atoms with van der Waals surface area (Å²) < 4.78 is 0. The maximum Gasteiger partial charge on any atom is 0.231 e. The van der Waals surface area contributed by atoms with E-state index in [1.54, 1.807) is 4.90 Å². The van der Waals surface area contributed by atoms with Gasteiger partial charge in [0.15, 0.2) is 0 Å². The summed E-state index contributed by atoms with van der Waals surface area (Å²) in [4.78, 5) is 13.3. The van der Waals surface area contributed by atoms with Gasteiger partial charge in [0.2, 0.25) is 5.91 Å². The Hall–Kier alpha value is -1.35. The van der Waals surface area contributed by atoms with Gasteiger partial charge < -0.3 is 10.6 Å². The van der Waals surface area contributed by atoms with E-state index in [1.807, 2.05) is 7.05 Å². The average molecular weight is 232 g/mol. The first-order valence-corrected chi connectivity index (χ1v) is 6.31. The van der Waals surface area contributed by atoms with E-state index in [0.717, 1.165) is 25.1 Å². The number of nitrogens with zero attached hydrogens (tertiary/aromatic N) is 1. The fourth-order valence-corrected chi connectivity index (χ4v) is 2.33. The Kier molecular flexibility index (Phi) is 3.79. The molecule has 92 valence electrons. The maximum absolute atomic E-state index is 11.6. The molecule has 0 aromatic heterocycles. The van der Waals surface area contributed by atoms with Crippen LogP contribution in [0.5, 0.6) is 0 Å². The molecule has 1 amide bonds. The second kappa shape index (κ2) is 5.32. The zero-order valence-electron chi connectivity index (χ0n) is 10.4. The first-order valence-electron chi connectivity index (χ1n) is 6.31. The number of nitrogens with two attached hydrogens (primary N) is 1. The van der Waals surface area contributed by atoms with Gasteiger partial charge in [0.25, 0.3) is 0 Å². The summed E-state index contributed by atoms with van der Waals surface area (Å²) >= 11 is 0. The lowest BCUT2D eigenvalue weighted by molar-refractivity contribution is -0.117. The van der Waals surface area contributed by atoms with Crippen LogP contribution >= 0.6 is 0 Å². The summed E-state index contributed by atoms with van der Waals surface area (Å²) in [5, 5.41) is 0. The van der Waals surface area contributed by atoms with Crippen molar-refractivity contribution in [3.63, 3.8) is 0 Å². The topological polar surface area (TPSA) is 46.3 Å². The first kappa shape index (κ1) is 12.1. The van der Waals surface area contributed by atoms with Crippen molar-refractivity contribution in [2.75, 3.05) is 18.5 Å². The third-order valence-electron chi connectivity index (χ3n) is 3.39. The standard InChI is InChI=1S/C14H20N2O/c1-16-13-7-6-11(5-3-2-4-8-15)9-12(13)10-14(16)17/h6-7,9H,2-5,8,10,15H2,1H3. The van der Waals surface area contributed by atoms with Crippen molar-refractivity contribution in [2.45, 2.75) is 32.1 Å². The number of hydrogen-bond acceptors (Lipinski definition) is 2. The Morgan fingerprint density at radius 3 is 2.88 bits per heavy atom. The number of hydrogen-bond donors (Lipinski definition) is 1. The van der Waals surface area contributed by atoms with Gasteiger partial charge in [-0.25, -0.2) is 0 Å². The number of carbonyl (C=O) groups is 1. The number of rotatable bonds is 5. The summed E-state index contributed by atoms with van der Waals surface area (Å²) in [6, 6.07) is 6.38. The Balaban J connectivity index is 1.98. The second-order valence-electron chi connectivity index (χ2n) is 4.69. The molecule has 1 aliphatic heterocycles. The van der Waals surface area contributed by atoms with Crippen LogP contribution in [0.25, 0.3) is 0 Å². The molecule has 0 saturated carbocycles. The minimum atomic E-state index is 0.195. The quantitative estimate of drug-likeness (QED) is 0.788. The number of anilines is 1. The van der Waals surface area contributed by atoms with Crippen molar-refractivity contribution >= 4 is 11.6 Å². The predicted molar refractivity (Wildman–Crippen MR) is 70.2 cm³/mol. The lowest BCUT2D eigenvalue weighted by Gasteiger charge is -2.10. The molecular formula is C14H20N2O. The minimum absolute atomic E-state index is 0.195. The SMILES string of the molecule is CN1C(=O)Cc2cc(CCCCCN)ccc21. The van der Waals surface area contributed by atoms with Gasteiger partial charge in [-0.2, -0.15) is 0 Å². The van der Waals surface area contributed by atoms with Crippen LogP contribution in [0.15, 0.2) is 18.2 Å². The van der Waals surface area contributed by atoms with E-state index >= 15 is 0 Å². The predicted octanol–water partition coefficient (Wildman–Crippen LogP) is 1.88. The van der Waals surface area contributed by atoms with Crippen molar-refractivity contribution < 1.29 is 4.79 Å². The molecule has 3 heteroatoms. The lowest BCUT2D eigenvalue weighted by atomic mass is 10.0. The van der Waals surface area contributed by atoms with Crippen LogP contribution in [0.4, 0.5) is 5.69 Å². The molecule has 1 heterocycles. The summed E-state index contributed by atoms with van der Waals surface area (Å²) in [6.07, 6.45) is 5.12. The number of benzene rings is 1. The molecule has 3 nitrogen and oxygen atoms in total. The van der Waals surface area contributed by atoms with Crippen LogP contribution in [0.2, 0.25) is 0 Å². The summed E-state index contributed by atoms with van der Waals surface area (Å²) in [5.74, 6) is 0.195. The van der Waals surface area contributed by atoms with Crippen molar-refractivity contribution in [1.82, 2.24) is 0 Å². The van der Waals surface area contributed by atoms with E-state index in [0.29, 0.717) is 6.42 Å². The summed E-state index contributed by atoms with van der Waals surface area (Å²) in [5.41, 5.74) is 9.05. The summed E-state index contributed by atoms with van der Waals surface area (Å²) in [6.45, 7) is 0.781. The monoisotopic (exact) mass is 232 g/mol. The first-order chi connectivity index (χ1) is 8.22. The fourth-order valence-electron chi connectivity index (χ4n) is 2.33. The average Bonchev–Trinajstić information content (AvgIpc) is 2.61. The number of likely N-dealkylation sites (N-methyl/N-ethyl adjacent to an activating group) is 1. The van der Waals surface area contributed by atoms with Gasteiger partial charge in [-0.3, -0.25) is 4.79 Å². The number of fused-ring (bicyclic) bond motifs is 1. The van der Waals surface area contributed by atoms with Gasteiger partial charge in [-0.1, -0.05) is 18.6 Å². The van der Waals surface area contributed by atoms with E-state index in [9.17, 15) is 4.79 Å². The highest BCUT2D eigenvalue weighted by atomic mass is 16.2. The van der Waals surface area contributed by atoms with Gasteiger partial charge >= 0.3 is 0 Å². The number of carbonyl (C=O) groups excluding carboxylic acids is 1. The number of amides is 1.